The van der Waals surface area contributed by atoms with Crippen molar-refractivity contribution in [2.75, 3.05) is 135 Å². The third-order valence-corrected chi connectivity index (χ3v) is 4.83. The van der Waals surface area contributed by atoms with Crippen molar-refractivity contribution in [3.63, 3.8) is 0 Å². The maximum absolute atomic E-state index is 4.76. The van der Waals surface area contributed by atoms with Crippen molar-refractivity contribution < 1.29 is 8.85 Å². The zero-order chi connectivity index (χ0) is 23.9. The van der Waals surface area contributed by atoms with Gasteiger partial charge in [0.15, 0.2) is 0 Å². The molecule has 28 heavy (non-hydrogen) atoms. The van der Waals surface area contributed by atoms with Crippen LogP contribution in [0.4, 0.5) is 0 Å². The van der Waals surface area contributed by atoms with Gasteiger partial charge in [-0.05, 0) is 30.9 Å². The predicted molar refractivity (Wildman–Crippen MR) is 157 cm³/mol. The van der Waals surface area contributed by atoms with Crippen molar-refractivity contribution in [3.8, 4) is 0 Å². The average Bonchev–Trinajstić information content (AvgIpc) is 1.99. The van der Waals surface area contributed by atoms with Gasteiger partial charge in [0.2, 0.25) is 0 Å². The van der Waals surface area contributed by atoms with E-state index in [1.54, 1.807) is 0 Å². The van der Waals surface area contributed by atoms with E-state index >= 15 is 0 Å². The number of quaternary nitrogens is 1. The number of rotatable bonds is 1. The van der Waals surface area contributed by atoms with Crippen LogP contribution in [-0.2, 0) is 15.3 Å². The molecule has 0 aromatic rings. The molecule has 3 nitrogen and oxygen atoms in total. The predicted octanol–water partition coefficient (Wildman–Crippen LogP) is 6.30. The van der Waals surface area contributed by atoms with Crippen molar-refractivity contribution in [1.82, 2.24) is 0 Å². The van der Waals surface area contributed by atoms with Crippen LogP contribution in [0.1, 0.15) is 7.43 Å². The topological polar surface area (TPSA) is 15.1 Å². The Bertz CT molecular complexity index is 318. The molecule has 0 saturated carbocycles. The fourth-order valence-corrected chi connectivity index (χ4v) is 7.24. The summed E-state index contributed by atoms with van der Waals surface area (Å²) in [5.74, 6) is 0. The van der Waals surface area contributed by atoms with E-state index in [9.17, 15) is 0 Å². The lowest BCUT2D eigenvalue weighted by Crippen LogP contribution is -2.27. The number of hydrogen-bond acceptors (Lipinski definition) is 1. The summed E-state index contributed by atoms with van der Waals surface area (Å²) in [4.78, 5) is 0. The minimum absolute atomic E-state index is 0. The van der Waals surface area contributed by atoms with E-state index < -0.39 is 14.5 Å². The normalized spacial score (nSPS) is 11.2. The molecule has 0 rings (SSSR count). The van der Waals surface area contributed by atoms with Crippen LogP contribution in [0.15, 0.2) is 4.52 Å². The van der Waals surface area contributed by atoms with Gasteiger partial charge in [-0.25, -0.2) is 0 Å². The lowest BCUT2D eigenvalue weighted by molar-refractivity contribution is -0.849. The maximum Gasteiger partial charge on any atom is 0.135 e. The third-order valence-electron chi connectivity index (χ3n) is 0.537. The van der Waals surface area contributed by atoms with E-state index in [1.165, 1.54) is 0 Å². The second kappa shape index (κ2) is 20.3. The summed E-state index contributed by atoms with van der Waals surface area (Å²) in [6.07, 6.45) is 6.58. The molecular formula is C21H64N2OP3S+5. The third kappa shape index (κ3) is 351. The lowest BCUT2D eigenvalue weighted by atomic mass is 10.8. The zero-order valence-corrected chi connectivity index (χ0v) is 26.6. The molecule has 0 N–H and O–H groups in total. The van der Waals surface area contributed by atoms with Gasteiger partial charge in [0, 0.05) is 41.0 Å². The summed E-state index contributed by atoms with van der Waals surface area (Å²) < 4.78 is 8.35. The maximum atomic E-state index is 4.76. The average molecular weight is 486 g/mol. The first kappa shape index (κ1) is 43.3. The van der Waals surface area contributed by atoms with Crippen molar-refractivity contribution in [2.24, 2.45) is 4.52 Å². The van der Waals surface area contributed by atoms with Crippen LogP contribution >= 0.6 is 21.7 Å². The summed E-state index contributed by atoms with van der Waals surface area (Å²) in [6, 6.07) is 0. The number of hydrogen-bond donors (Lipinski definition) is 0. The summed E-state index contributed by atoms with van der Waals surface area (Å²) in [5.41, 5.74) is 0. The van der Waals surface area contributed by atoms with Gasteiger partial charge in [0.05, 0.1) is 67.0 Å². The molecule has 0 unspecified atom stereocenters. The molecule has 180 valence electrons. The molecule has 0 spiro atoms. The molecule has 0 atom stereocenters. The van der Waals surface area contributed by atoms with Gasteiger partial charge >= 0.3 is 0 Å². The first-order valence-electron chi connectivity index (χ1n) is 9.11. The van der Waals surface area contributed by atoms with Crippen LogP contribution in [0.3, 0.4) is 0 Å². The van der Waals surface area contributed by atoms with Crippen LogP contribution < -0.4 is 0 Å². The van der Waals surface area contributed by atoms with E-state index in [1.807, 2.05) is 21.3 Å². The molecule has 0 aliphatic rings. The smallest absolute Gasteiger partial charge is 0.135 e. The lowest BCUT2D eigenvalue weighted by Gasteiger charge is -2.14. The number of nitrogens with zero attached hydrogens (tertiary/aromatic N) is 2. The minimum atomic E-state index is -0.863. The molecule has 0 aromatic heterocycles. The van der Waals surface area contributed by atoms with Gasteiger partial charge in [0.25, 0.3) is 0 Å². The highest BCUT2D eigenvalue weighted by Crippen LogP contribution is 2.58. The molecule has 0 saturated heterocycles. The quantitative estimate of drug-likeness (QED) is 0.235. The van der Waals surface area contributed by atoms with E-state index in [2.05, 4.69) is 118 Å². The Balaban J connectivity index is -0.0000000560. The fourth-order valence-electron chi connectivity index (χ4n) is 0.805. The molecule has 0 amide bonds. The second-order valence-electron chi connectivity index (χ2n) is 11.8. The van der Waals surface area contributed by atoms with Crippen LogP contribution in [-0.4, -0.2) is 139 Å². The van der Waals surface area contributed by atoms with E-state index in [4.69, 9.17) is 4.52 Å². The summed E-state index contributed by atoms with van der Waals surface area (Å²) >= 11 is 0. The highest BCUT2D eigenvalue weighted by atomic mass is 32.2. The molecule has 0 aliphatic carbocycles. The Morgan fingerprint density at radius 3 is 0.821 bits per heavy atom. The molecule has 0 aromatic carbocycles. The van der Waals surface area contributed by atoms with Crippen LogP contribution in [0.5, 0.6) is 0 Å². The molecule has 0 bridgehead atoms. The molecular weight excluding hydrogens is 421 g/mol. The zero-order valence-electron chi connectivity index (χ0n) is 23.1. The van der Waals surface area contributed by atoms with Crippen LogP contribution in [0.25, 0.3) is 0 Å². The summed E-state index contributed by atoms with van der Waals surface area (Å²) in [5, 5.41) is 0. The molecule has 0 aliphatic heterocycles. The van der Waals surface area contributed by atoms with Gasteiger partial charge in [-0.2, -0.15) is 4.52 Å². The molecule has 0 fully saturated rings. The van der Waals surface area contributed by atoms with Crippen molar-refractivity contribution >= 4 is 32.6 Å². The molecule has 7 heteroatoms. The van der Waals surface area contributed by atoms with Gasteiger partial charge < -0.3 is 8.85 Å². The summed E-state index contributed by atoms with van der Waals surface area (Å²) in [6.45, 7) is 22.8. The second-order valence-corrected chi connectivity index (χ2v) is 28.1. The highest BCUT2D eigenvalue weighted by Gasteiger charge is 2.16. The summed E-state index contributed by atoms with van der Waals surface area (Å²) in [7, 11) is 12.8. The van der Waals surface area contributed by atoms with E-state index in [0.717, 1.165) is 4.48 Å². The highest BCUT2D eigenvalue weighted by molar-refractivity contribution is 7.94. The SMILES string of the molecule is C.CP(C)(C)=N[P+](C)(C)C.C[N+](C)(C)C.C[O+](C)C.C[P+](C)(C)C.C[S+](C)C. The van der Waals surface area contributed by atoms with Crippen molar-refractivity contribution in [1.29, 1.82) is 0 Å². The molecule has 0 radical (unpaired) electrons. The van der Waals surface area contributed by atoms with E-state index in [0.29, 0.717) is 10.9 Å². The fraction of sp³-hybridized carbons (Fsp3) is 1.00. The van der Waals surface area contributed by atoms with E-state index in [-0.39, 0.29) is 14.7 Å². The van der Waals surface area contributed by atoms with Crippen LogP contribution in [0.2, 0.25) is 0 Å². The van der Waals surface area contributed by atoms with Gasteiger partial charge in [0.1, 0.15) is 28.7 Å². The Kier molecular flexibility index (Phi) is 31.3. The Labute approximate surface area is 188 Å². The van der Waals surface area contributed by atoms with Gasteiger partial charge in [-0.3, -0.25) is 0 Å². The first-order chi connectivity index (χ1) is 11.2. The van der Waals surface area contributed by atoms with Crippen molar-refractivity contribution in [3.05, 3.63) is 0 Å². The Morgan fingerprint density at radius 2 is 0.821 bits per heavy atom. The van der Waals surface area contributed by atoms with Crippen LogP contribution in [0, 0.1) is 0 Å². The molecule has 0 heterocycles. The van der Waals surface area contributed by atoms with Gasteiger partial charge in [-0.1, -0.05) is 7.43 Å². The monoisotopic (exact) mass is 485 g/mol. The standard InChI is InChI=1S/C6H18NP2.C4H12N.C4H12P.C3H9O.C3H9S.CH4/c1-8(2,3)7-9(4,5)6;2*1-5(2,3)4;2*1-4(2)3;/h1-6H3;2*1-4H3;2*1-3H3;1H4/q5*+1;. The Hall–Kier alpha value is 1.36. The minimum Gasteiger partial charge on any atom is -0.429 e. The van der Waals surface area contributed by atoms with Crippen molar-refractivity contribution in [2.45, 2.75) is 7.43 Å². The largest absolute Gasteiger partial charge is 0.429 e. The Morgan fingerprint density at radius 1 is 0.714 bits per heavy atom. The first-order valence-corrected chi connectivity index (χ1v) is 21.3. The van der Waals surface area contributed by atoms with Gasteiger partial charge in [-0.15, -0.1) is 0 Å².